The molecule has 0 spiro atoms. The van der Waals surface area contributed by atoms with Crippen molar-refractivity contribution in [2.75, 3.05) is 33.3 Å². The van der Waals surface area contributed by atoms with E-state index in [1.807, 2.05) is 13.8 Å². The molecule has 9 heteroatoms. The van der Waals surface area contributed by atoms with Crippen LogP contribution in [-0.4, -0.2) is 49.6 Å². The molecule has 0 aliphatic carbocycles. The summed E-state index contributed by atoms with van der Waals surface area (Å²) in [4.78, 5) is 24.4. The Balaban J connectivity index is 2.05. The van der Waals surface area contributed by atoms with Crippen LogP contribution in [0.2, 0.25) is 0 Å². The molecule has 146 valence electrons. The van der Waals surface area contributed by atoms with Crippen LogP contribution in [0.4, 0.5) is 5.82 Å². The van der Waals surface area contributed by atoms with Gasteiger partial charge in [0.05, 0.1) is 33.1 Å². The lowest BCUT2D eigenvalue weighted by atomic mass is 10.2. The molecule has 1 aromatic carbocycles. The predicted molar refractivity (Wildman–Crippen MR) is 97.6 cm³/mol. The summed E-state index contributed by atoms with van der Waals surface area (Å²) in [5.41, 5.74) is 0.171. The molecule has 0 aliphatic rings. The zero-order valence-electron chi connectivity index (χ0n) is 15.9. The molecule has 0 radical (unpaired) electrons. The van der Waals surface area contributed by atoms with Crippen LogP contribution in [0, 0.1) is 0 Å². The molecule has 2 rings (SSSR count). The fourth-order valence-corrected chi connectivity index (χ4v) is 2.42. The molecule has 0 saturated heterocycles. The van der Waals surface area contributed by atoms with Crippen molar-refractivity contribution >= 4 is 17.7 Å². The van der Waals surface area contributed by atoms with Gasteiger partial charge >= 0.3 is 5.97 Å². The van der Waals surface area contributed by atoms with Gasteiger partial charge in [0.2, 0.25) is 5.75 Å². The molecule has 9 nitrogen and oxygen atoms in total. The Morgan fingerprint density at radius 1 is 1.11 bits per heavy atom. The number of hydrogen-bond donors (Lipinski definition) is 1. The number of carbonyl (C=O) groups is 2. The van der Waals surface area contributed by atoms with Gasteiger partial charge in [0, 0.05) is 12.1 Å². The van der Waals surface area contributed by atoms with E-state index in [9.17, 15) is 9.59 Å². The average Bonchev–Trinajstić information content (AvgIpc) is 3.13. The molecule has 0 saturated carbocycles. The van der Waals surface area contributed by atoms with Crippen LogP contribution >= 0.6 is 0 Å². The van der Waals surface area contributed by atoms with Crippen LogP contribution in [0.25, 0.3) is 0 Å². The van der Waals surface area contributed by atoms with Gasteiger partial charge in [-0.3, -0.25) is 4.79 Å². The van der Waals surface area contributed by atoms with Gasteiger partial charge in [0.1, 0.15) is 5.82 Å². The fourth-order valence-electron chi connectivity index (χ4n) is 2.42. The van der Waals surface area contributed by atoms with Gasteiger partial charge in [-0.25, -0.2) is 9.48 Å². The van der Waals surface area contributed by atoms with E-state index in [1.165, 1.54) is 33.5 Å². The van der Waals surface area contributed by atoms with E-state index in [-0.39, 0.29) is 11.6 Å². The highest BCUT2D eigenvalue weighted by Crippen LogP contribution is 2.38. The van der Waals surface area contributed by atoms with Crippen molar-refractivity contribution in [1.82, 2.24) is 9.78 Å². The minimum absolute atomic E-state index is 0.0806. The second kappa shape index (κ2) is 8.93. The maximum Gasteiger partial charge on any atom is 0.338 e. The zero-order valence-corrected chi connectivity index (χ0v) is 15.9. The molecule has 1 N–H and O–H groups in total. The number of ether oxygens (including phenoxy) is 4. The standard InChI is InChI=1S/C18H23N3O6/c1-11(2)21-15(6-7-19-21)20-16(22)10-27-18(23)12-8-13(24-3)17(26-5)14(9-12)25-4/h6-9,11H,10H2,1-5H3,(H,20,22). The maximum absolute atomic E-state index is 12.3. The number of methoxy groups -OCH3 is 3. The topological polar surface area (TPSA) is 101 Å². The van der Waals surface area contributed by atoms with Crippen molar-refractivity contribution in [3.63, 3.8) is 0 Å². The third kappa shape index (κ3) is 4.69. The summed E-state index contributed by atoms with van der Waals surface area (Å²) >= 11 is 0. The lowest BCUT2D eigenvalue weighted by molar-refractivity contribution is -0.119. The first-order valence-electron chi connectivity index (χ1n) is 8.21. The van der Waals surface area contributed by atoms with Crippen molar-refractivity contribution in [2.24, 2.45) is 0 Å². The van der Waals surface area contributed by atoms with Crippen LogP contribution in [0.15, 0.2) is 24.4 Å². The van der Waals surface area contributed by atoms with Crippen molar-refractivity contribution < 1.29 is 28.5 Å². The fraction of sp³-hybridized carbons (Fsp3) is 0.389. The van der Waals surface area contributed by atoms with Crippen molar-refractivity contribution in [1.29, 1.82) is 0 Å². The maximum atomic E-state index is 12.3. The first kappa shape index (κ1) is 20.1. The van der Waals surface area contributed by atoms with E-state index in [0.29, 0.717) is 23.1 Å². The first-order valence-corrected chi connectivity index (χ1v) is 8.21. The Bertz CT molecular complexity index is 790. The molecule has 0 aliphatic heterocycles. The highest BCUT2D eigenvalue weighted by Gasteiger charge is 2.19. The molecule has 1 heterocycles. The summed E-state index contributed by atoms with van der Waals surface area (Å²) in [7, 11) is 4.35. The summed E-state index contributed by atoms with van der Waals surface area (Å²) in [5.74, 6) is 0.346. The minimum Gasteiger partial charge on any atom is -0.493 e. The van der Waals surface area contributed by atoms with Gasteiger partial charge < -0.3 is 24.3 Å². The SMILES string of the molecule is COc1cc(C(=O)OCC(=O)Nc2ccnn2C(C)C)cc(OC)c1OC. The molecule has 1 amide bonds. The highest BCUT2D eigenvalue weighted by molar-refractivity contribution is 5.95. The molecule has 1 aromatic heterocycles. The van der Waals surface area contributed by atoms with Crippen molar-refractivity contribution in [2.45, 2.75) is 19.9 Å². The Labute approximate surface area is 157 Å². The summed E-state index contributed by atoms with van der Waals surface area (Å²) in [6.45, 7) is 3.43. The summed E-state index contributed by atoms with van der Waals surface area (Å²) < 4.78 is 22.3. The van der Waals surface area contributed by atoms with Crippen LogP contribution in [0.1, 0.15) is 30.2 Å². The quantitative estimate of drug-likeness (QED) is 0.704. The van der Waals surface area contributed by atoms with Crippen molar-refractivity contribution in [3.05, 3.63) is 30.0 Å². The molecule has 0 atom stereocenters. The van der Waals surface area contributed by atoms with Gasteiger partial charge in [0.25, 0.3) is 5.91 Å². The van der Waals surface area contributed by atoms with E-state index in [1.54, 1.807) is 16.9 Å². The van der Waals surface area contributed by atoms with Gasteiger partial charge in [-0.15, -0.1) is 0 Å². The lowest BCUT2D eigenvalue weighted by Crippen LogP contribution is -2.23. The summed E-state index contributed by atoms with van der Waals surface area (Å²) in [6.07, 6.45) is 1.58. The van der Waals surface area contributed by atoms with Crippen LogP contribution < -0.4 is 19.5 Å². The number of carbonyl (C=O) groups excluding carboxylic acids is 2. The Morgan fingerprint density at radius 3 is 2.26 bits per heavy atom. The number of nitrogens with zero attached hydrogens (tertiary/aromatic N) is 2. The van der Waals surface area contributed by atoms with Gasteiger partial charge in [-0.05, 0) is 26.0 Å². The predicted octanol–water partition coefficient (Wildman–Crippen LogP) is 2.29. The monoisotopic (exact) mass is 377 g/mol. The van der Waals surface area contributed by atoms with E-state index in [4.69, 9.17) is 18.9 Å². The third-order valence-corrected chi connectivity index (χ3v) is 3.66. The Kier molecular flexibility index (Phi) is 6.64. The van der Waals surface area contributed by atoms with Gasteiger partial charge in [0.15, 0.2) is 18.1 Å². The summed E-state index contributed by atoms with van der Waals surface area (Å²) in [5, 5.41) is 6.78. The average molecular weight is 377 g/mol. The largest absolute Gasteiger partial charge is 0.493 e. The third-order valence-electron chi connectivity index (χ3n) is 3.66. The minimum atomic E-state index is -0.693. The number of benzene rings is 1. The number of esters is 1. The van der Waals surface area contributed by atoms with Crippen molar-refractivity contribution in [3.8, 4) is 17.2 Å². The number of hydrogen-bond acceptors (Lipinski definition) is 7. The van der Waals surface area contributed by atoms with Gasteiger partial charge in [-0.1, -0.05) is 0 Å². The smallest absolute Gasteiger partial charge is 0.338 e. The molecule has 27 heavy (non-hydrogen) atoms. The Morgan fingerprint density at radius 2 is 1.74 bits per heavy atom. The van der Waals surface area contributed by atoms with E-state index in [2.05, 4.69) is 10.4 Å². The Hall–Kier alpha value is -3.23. The highest BCUT2D eigenvalue weighted by atomic mass is 16.5. The van der Waals surface area contributed by atoms with Crippen LogP contribution in [-0.2, 0) is 9.53 Å². The first-order chi connectivity index (χ1) is 12.9. The van der Waals surface area contributed by atoms with Crippen LogP contribution in [0.5, 0.6) is 17.2 Å². The summed E-state index contributed by atoms with van der Waals surface area (Å²) in [6, 6.07) is 4.65. The number of amides is 1. The molecule has 2 aromatic rings. The number of rotatable bonds is 8. The zero-order chi connectivity index (χ0) is 20.0. The molecule has 0 bridgehead atoms. The number of nitrogens with one attached hydrogen (secondary N) is 1. The second-order valence-corrected chi connectivity index (χ2v) is 5.79. The van der Waals surface area contributed by atoms with E-state index in [0.717, 1.165) is 0 Å². The normalized spacial score (nSPS) is 10.4. The second-order valence-electron chi connectivity index (χ2n) is 5.79. The lowest BCUT2D eigenvalue weighted by Gasteiger charge is -2.14. The number of aromatic nitrogens is 2. The molecular formula is C18H23N3O6. The molecule has 0 fully saturated rings. The molecular weight excluding hydrogens is 354 g/mol. The number of anilines is 1. The molecule has 0 unspecified atom stereocenters. The van der Waals surface area contributed by atoms with E-state index >= 15 is 0 Å². The van der Waals surface area contributed by atoms with Crippen LogP contribution in [0.3, 0.4) is 0 Å². The van der Waals surface area contributed by atoms with E-state index < -0.39 is 18.5 Å². The van der Waals surface area contributed by atoms with Gasteiger partial charge in [-0.2, -0.15) is 5.10 Å².